The van der Waals surface area contributed by atoms with Crippen LogP contribution < -0.4 is 5.32 Å². The molecular formula is C15H25ClN4. The lowest BCUT2D eigenvalue weighted by molar-refractivity contribution is 0.170. The molecule has 2 aliphatic heterocycles. The average molecular weight is 297 g/mol. The molecule has 0 aliphatic carbocycles. The summed E-state index contributed by atoms with van der Waals surface area (Å²) in [4.78, 5) is 9.62. The lowest BCUT2D eigenvalue weighted by Gasteiger charge is -2.32. The number of piperazine rings is 1. The number of aryl methyl sites for hydroxylation is 1. The van der Waals surface area contributed by atoms with Crippen molar-refractivity contribution < 1.29 is 0 Å². The van der Waals surface area contributed by atoms with Crippen molar-refractivity contribution in [2.75, 3.05) is 39.3 Å². The number of hydrogen-bond donors (Lipinski definition) is 1. The third-order valence-electron chi connectivity index (χ3n) is 4.43. The lowest BCUT2D eigenvalue weighted by atomic mass is 10.2. The minimum Gasteiger partial charge on any atom is -0.314 e. The molecule has 1 unspecified atom stereocenters. The van der Waals surface area contributed by atoms with Gasteiger partial charge < -0.3 is 5.32 Å². The number of likely N-dealkylation sites (tertiary alicyclic amines) is 1. The maximum Gasteiger partial charge on any atom is 0.0417 e. The van der Waals surface area contributed by atoms with Gasteiger partial charge in [0.2, 0.25) is 0 Å². The van der Waals surface area contributed by atoms with E-state index in [1.165, 1.54) is 43.9 Å². The Labute approximate surface area is 128 Å². The Morgan fingerprint density at radius 2 is 2.10 bits per heavy atom. The van der Waals surface area contributed by atoms with Gasteiger partial charge in [-0.3, -0.25) is 14.8 Å². The molecule has 3 heterocycles. The Morgan fingerprint density at radius 1 is 1.30 bits per heavy atom. The van der Waals surface area contributed by atoms with E-state index < -0.39 is 0 Å². The van der Waals surface area contributed by atoms with Crippen LogP contribution in [0.15, 0.2) is 18.3 Å². The number of aromatic nitrogens is 1. The Balaban J connectivity index is 0.00000147. The zero-order chi connectivity index (χ0) is 13.1. The van der Waals surface area contributed by atoms with Gasteiger partial charge in [-0.15, -0.1) is 12.4 Å². The van der Waals surface area contributed by atoms with Gasteiger partial charge in [0.15, 0.2) is 0 Å². The fraction of sp³-hybridized carbons (Fsp3) is 0.667. The Morgan fingerprint density at radius 3 is 2.85 bits per heavy atom. The highest BCUT2D eigenvalue weighted by atomic mass is 35.5. The van der Waals surface area contributed by atoms with E-state index in [0.29, 0.717) is 0 Å². The number of nitrogens with zero attached hydrogens (tertiary/aromatic N) is 3. The lowest BCUT2D eigenvalue weighted by Crippen LogP contribution is -2.49. The summed E-state index contributed by atoms with van der Waals surface area (Å²) in [6.45, 7) is 10.3. The fourth-order valence-corrected chi connectivity index (χ4v) is 3.23. The van der Waals surface area contributed by atoms with Crippen molar-refractivity contribution in [1.29, 1.82) is 0 Å². The molecule has 0 spiro atoms. The molecule has 112 valence electrons. The normalized spacial score (nSPS) is 24.6. The third-order valence-corrected chi connectivity index (χ3v) is 4.43. The summed E-state index contributed by atoms with van der Waals surface area (Å²) >= 11 is 0. The second-order valence-electron chi connectivity index (χ2n) is 5.71. The van der Waals surface area contributed by atoms with E-state index >= 15 is 0 Å². The molecule has 0 aromatic carbocycles. The minimum atomic E-state index is 0. The van der Waals surface area contributed by atoms with Crippen LogP contribution in [0.3, 0.4) is 0 Å². The summed E-state index contributed by atoms with van der Waals surface area (Å²) in [6, 6.07) is 5.02. The zero-order valence-corrected chi connectivity index (χ0v) is 13.0. The van der Waals surface area contributed by atoms with Gasteiger partial charge in [-0.1, -0.05) is 6.07 Å². The summed E-state index contributed by atoms with van der Waals surface area (Å²) in [5, 5.41) is 3.43. The molecule has 2 saturated heterocycles. The van der Waals surface area contributed by atoms with Gasteiger partial charge in [0.05, 0.1) is 0 Å². The van der Waals surface area contributed by atoms with Crippen LogP contribution in [0.1, 0.15) is 17.7 Å². The molecule has 2 fully saturated rings. The number of rotatable bonds is 3. The summed E-state index contributed by atoms with van der Waals surface area (Å²) in [6.07, 6.45) is 3.20. The Kier molecular flexibility index (Phi) is 5.78. The van der Waals surface area contributed by atoms with E-state index in [1.54, 1.807) is 0 Å². The molecule has 2 aliphatic rings. The van der Waals surface area contributed by atoms with Crippen LogP contribution in [0, 0.1) is 6.92 Å². The second kappa shape index (κ2) is 7.36. The fourth-order valence-electron chi connectivity index (χ4n) is 3.23. The molecule has 0 bridgehead atoms. The highest BCUT2D eigenvalue weighted by Gasteiger charge is 2.28. The van der Waals surface area contributed by atoms with Crippen molar-refractivity contribution in [2.24, 2.45) is 0 Å². The Bertz CT molecular complexity index is 420. The first-order valence-electron chi connectivity index (χ1n) is 7.40. The molecule has 1 aromatic heterocycles. The summed E-state index contributed by atoms with van der Waals surface area (Å²) in [5.41, 5.74) is 2.55. The van der Waals surface area contributed by atoms with Crippen molar-refractivity contribution in [1.82, 2.24) is 20.1 Å². The van der Waals surface area contributed by atoms with Gasteiger partial charge in [-0.25, -0.2) is 0 Å². The quantitative estimate of drug-likeness (QED) is 0.911. The average Bonchev–Trinajstić information content (AvgIpc) is 2.91. The maximum atomic E-state index is 4.38. The topological polar surface area (TPSA) is 31.4 Å². The van der Waals surface area contributed by atoms with E-state index in [1.807, 2.05) is 12.3 Å². The van der Waals surface area contributed by atoms with E-state index in [4.69, 9.17) is 0 Å². The first-order chi connectivity index (χ1) is 9.33. The summed E-state index contributed by atoms with van der Waals surface area (Å²) in [7, 11) is 0. The molecule has 3 rings (SSSR count). The molecule has 20 heavy (non-hydrogen) atoms. The van der Waals surface area contributed by atoms with Gasteiger partial charge in [0, 0.05) is 63.7 Å². The predicted octanol–water partition coefficient (Wildman–Crippen LogP) is 1.29. The van der Waals surface area contributed by atoms with Crippen LogP contribution in [-0.4, -0.2) is 60.1 Å². The van der Waals surface area contributed by atoms with Crippen LogP contribution >= 0.6 is 12.4 Å². The van der Waals surface area contributed by atoms with Crippen molar-refractivity contribution >= 4 is 12.4 Å². The van der Waals surface area contributed by atoms with E-state index in [9.17, 15) is 0 Å². The van der Waals surface area contributed by atoms with Crippen LogP contribution in [-0.2, 0) is 6.54 Å². The Hall–Kier alpha value is -0.680. The van der Waals surface area contributed by atoms with Gasteiger partial charge in [0.1, 0.15) is 0 Å². The third kappa shape index (κ3) is 3.70. The predicted molar refractivity (Wildman–Crippen MR) is 84.3 cm³/mol. The number of halogens is 1. The number of pyridine rings is 1. The molecule has 4 nitrogen and oxygen atoms in total. The highest BCUT2D eigenvalue weighted by Crippen LogP contribution is 2.19. The highest BCUT2D eigenvalue weighted by molar-refractivity contribution is 5.85. The van der Waals surface area contributed by atoms with Crippen molar-refractivity contribution in [3.8, 4) is 0 Å². The molecule has 0 saturated carbocycles. The number of nitrogens with one attached hydrogen (secondary N) is 1. The van der Waals surface area contributed by atoms with E-state index in [2.05, 4.69) is 33.1 Å². The van der Waals surface area contributed by atoms with Crippen LogP contribution in [0.4, 0.5) is 0 Å². The monoisotopic (exact) mass is 296 g/mol. The van der Waals surface area contributed by atoms with Gasteiger partial charge >= 0.3 is 0 Å². The van der Waals surface area contributed by atoms with Gasteiger partial charge in [0.25, 0.3) is 0 Å². The second-order valence-corrected chi connectivity index (χ2v) is 5.71. The zero-order valence-electron chi connectivity index (χ0n) is 12.2. The smallest absolute Gasteiger partial charge is 0.0417 e. The van der Waals surface area contributed by atoms with Gasteiger partial charge in [-0.2, -0.15) is 0 Å². The summed E-state index contributed by atoms with van der Waals surface area (Å²) < 4.78 is 0. The molecule has 1 atom stereocenters. The molecule has 0 radical (unpaired) electrons. The van der Waals surface area contributed by atoms with Gasteiger partial charge in [-0.05, 0) is 25.0 Å². The first-order valence-corrected chi connectivity index (χ1v) is 7.40. The van der Waals surface area contributed by atoms with Crippen molar-refractivity contribution in [3.05, 3.63) is 29.6 Å². The maximum absolute atomic E-state index is 4.38. The van der Waals surface area contributed by atoms with E-state index in [-0.39, 0.29) is 12.4 Å². The molecular weight excluding hydrogens is 272 g/mol. The standard InChI is InChI=1S/C15H24N4.ClH/c1-13-14(3-2-5-17-13)11-18-8-4-15(12-18)19-9-6-16-7-10-19;/h2-3,5,15-16H,4,6-12H2,1H3;1H. The largest absolute Gasteiger partial charge is 0.314 e. The van der Waals surface area contributed by atoms with Crippen LogP contribution in [0.5, 0.6) is 0 Å². The minimum absolute atomic E-state index is 0. The molecule has 0 amide bonds. The van der Waals surface area contributed by atoms with Crippen LogP contribution in [0.25, 0.3) is 0 Å². The SMILES string of the molecule is Cc1ncccc1CN1CCC(N2CCNCC2)C1.Cl. The summed E-state index contributed by atoms with van der Waals surface area (Å²) in [5.74, 6) is 0. The molecule has 1 aromatic rings. The van der Waals surface area contributed by atoms with Crippen LogP contribution in [0.2, 0.25) is 0 Å². The molecule has 1 N–H and O–H groups in total. The van der Waals surface area contributed by atoms with Crippen molar-refractivity contribution in [3.63, 3.8) is 0 Å². The van der Waals surface area contributed by atoms with E-state index in [0.717, 1.165) is 25.7 Å². The van der Waals surface area contributed by atoms with Crippen molar-refractivity contribution in [2.45, 2.75) is 25.9 Å². The number of hydrogen-bond acceptors (Lipinski definition) is 4. The first kappa shape index (κ1) is 15.7. The molecule has 5 heteroatoms.